The summed E-state index contributed by atoms with van der Waals surface area (Å²) in [6.45, 7) is 3.22. The van der Waals surface area contributed by atoms with Crippen LogP contribution in [-0.2, 0) is 9.53 Å². The third kappa shape index (κ3) is 4.74. The lowest BCUT2D eigenvalue weighted by Gasteiger charge is -2.22. The van der Waals surface area contributed by atoms with Crippen molar-refractivity contribution in [1.82, 2.24) is 4.90 Å². The first-order valence-electron chi connectivity index (χ1n) is 9.26. The number of urea groups is 1. The van der Waals surface area contributed by atoms with Crippen molar-refractivity contribution in [3.05, 3.63) is 23.8 Å². The molecule has 7 nitrogen and oxygen atoms in total. The minimum Gasteiger partial charge on any atom is -0.389 e. The maximum Gasteiger partial charge on any atom is 0.322 e. The van der Waals surface area contributed by atoms with Crippen molar-refractivity contribution in [2.75, 3.05) is 36.9 Å². The van der Waals surface area contributed by atoms with E-state index in [1.165, 1.54) is 0 Å². The lowest BCUT2D eigenvalue weighted by Crippen LogP contribution is -2.40. The molecule has 7 heteroatoms. The first-order valence-corrected chi connectivity index (χ1v) is 9.26. The topological polar surface area (TPSA) is 90.9 Å². The fourth-order valence-corrected chi connectivity index (χ4v) is 3.44. The average Bonchev–Trinajstić information content (AvgIpc) is 3.06. The third-order valence-electron chi connectivity index (χ3n) is 5.01. The second kappa shape index (κ2) is 8.51. The van der Waals surface area contributed by atoms with Gasteiger partial charge < -0.3 is 25.4 Å². The van der Waals surface area contributed by atoms with E-state index in [1.54, 1.807) is 11.0 Å². The number of amides is 3. The van der Waals surface area contributed by atoms with E-state index in [0.29, 0.717) is 24.5 Å². The quantitative estimate of drug-likeness (QED) is 0.771. The summed E-state index contributed by atoms with van der Waals surface area (Å²) in [7, 11) is 0. The molecule has 3 rings (SSSR count). The first kappa shape index (κ1) is 18.7. The highest BCUT2D eigenvalue weighted by molar-refractivity contribution is 5.95. The van der Waals surface area contributed by atoms with E-state index in [-0.39, 0.29) is 31.0 Å². The van der Waals surface area contributed by atoms with Crippen LogP contribution in [-0.4, -0.2) is 54.4 Å². The predicted molar refractivity (Wildman–Crippen MR) is 99.2 cm³/mol. The Labute approximate surface area is 153 Å². The number of nitrogens with one attached hydrogen (secondary N) is 2. The molecule has 26 heavy (non-hydrogen) atoms. The molecule has 0 bridgehead atoms. The van der Waals surface area contributed by atoms with Gasteiger partial charge in [0.1, 0.15) is 0 Å². The molecular weight excluding hydrogens is 334 g/mol. The SMILES string of the molecule is Cc1ccc(NC(=O)C2CCCC2)cc1NC(=O)N1CCOC[C@@H](O)C1. The Morgan fingerprint density at radius 2 is 2.00 bits per heavy atom. The fraction of sp³-hybridized carbons (Fsp3) is 0.579. The lowest BCUT2D eigenvalue weighted by molar-refractivity contribution is -0.119. The summed E-state index contributed by atoms with van der Waals surface area (Å²) < 4.78 is 5.25. The van der Waals surface area contributed by atoms with Crippen molar-refractivity contribution in [3.8, 4) is 0 Å². The lowest BCUT2D eigenvalue weighted by atomic mass is 10.1. The van der Waals surface area contributed by atoms with Gasteiger partial charge in [0.25, 0.3) is 0 Å². The molecule has 1 aliphatic heterocycles. The van der Waals surface area contributed by atoms with Crippen LogP contribution in [0.4, 0.5) is 16.2 Å². The molecule has 2 aliphatic rings. The largest absolute Gasteiger partial charge is 0.389 e. The molecule has 1 aromatic carbocycles. The number of ether oxygens (including phenoxy) is 1. The molecule has 0 spiro atoms. The third-order valence-corrected chi connectivity index (χ3v) is 5.01. The highest BCUT2D eigenvalue weighted by Crippen LogP contribution is 2.27. The van der Waals surface area contributed by atoms with Crippen LogP contribution in [0.25, 0.3) is 0 Å². The van der Waals surface area contributed by atoms with Gasteiger partial charge in [-0.05, 0) is 37.5 Å². The van der Waals surface area contributed by atoms with Crippen molar-refractivity contribution >= 4 is 23.3 Å². The van der Waals surface area contributed by atoms with Crippen LogP contribution in [0.15, 0.2) is 18.2 Å². The van der Waals surface area contributed by atoms with Gasteiger partial charge in [0.15, 0.2) is 0 Å². The Balaban J connectivity index is 1.65. The van der Waals surface area contributed by atoms with Gasteiger partial charge >= 0.3 is 6.03 Å². The number of aliphatic hydroxyl groups excluding tert-OH is 1. The molecule has 142 valence electrons. The Morgan fingerprint density at radius 1 is 1.23 bits per heavy atom. The van der Waals surface area contributed by atoms with Gasteiger partial charge in [-0.3, -0.25) is 4.79 Å². The minimum absolute atomic E-state index is 0.0522. The molecule has 1 heterocycles. The Bertz CT molecular complexity index is 658. The maximum absolute atomic E-state index is 12.5. The summed E-state index contributed by atoms with van der Waals surface area (Å²) in [6.07, 6.45) is 3.43. The van der Waals surface area contributed by atoms with Crippen LogP contribution >= 0.6 is 0 Å². The molecule has 3 amide bonds. The number of hydrogen-bond acceptors (Lipinski definition) is 4. The summed E-state index contributed by atoms with van der Waals surface area (Å²) in [5, 5.41) is 15.6. The monoisotopic (exact) mass is 361 g/mol. The average molecular weight is 361 g/mol. The molecule has 1 aromatic rings. The van der Waals surface area contributed by atoms with E-state index in [2.05, 4.69) is 10.6 Å². The van der Waals surface area contributed by atoms with Crippen molar-refractivity contribution in [1.29, 1.82) is 0 Å². The van der Waals surface area contributed by atoms with Gasteiger partial charge in [-0.15, -0.1) is 0 Å². The summed E-state index contributed by atoms with van der Waals surface area (Å²) >= 11 is 0. The number of carbonyl (C=O) groups is 2. The number of hydrogen-bond donors (Lipinski definition) is 3. The molecule has 0 radical (unpaired) electrons. The van der Waals surface area contributed by atoms with E-state index in [1.807, 2.05) is 19.1 Å². The van der Waals surface area contributed by atoms with E-state index in [0.717, 1.165) is 31.2 Å². The summed E-state index contributed by atoms with van der Waals surface area (Å²) in [4.78, 5) is 26.4. The number of benzene rings is 1. The number of nitrogens with zero attached hydrogens (tertiary/aromatic N) is 1. The zero-order chi connectivity index (χ0) is 18.5. The molecule has 0 aromatic heterocycles. The Morgan fingerprint density at radius 3 is 2.77 bits per heavy atom. The van der Waals surface area contributed by atoms with E-state index >= 15 is 0 Å². The fourth-order valence-electron chi connectivity index (χ4n) is 3.44. The molecule has 1 atom stereocenters. The number of anilines is 2. The van der Waals surface area contributed by atoms with Crippen molar-refractivity contribution in [2.45, 2.75) is 38.7 Å². The van der Waals surface area contributed by atoms with Gasteiger partial charge in [-0.25, -0.2) is 4.79 Å². The molecular formula is C19H27N3O4. The second-order valence-corrected chi connectivity index (χ2v) is 7.11. The van der Waals surface area contributed by atoms with Crippen LogP contribution in [0.1, 0.15) is 31.2 Å². The summed E-state index contributed by atoms with van der Waals surface area (Å²) in [5.74, 6) is 0.143. The van der Waals surface area contributed by atoms with Gasteiger partial charge in [0.2, 0.25) is 5.91 Å². The number of β-amino-alcohol motifs (C(OH)–C–C–N with tert-alkyl or cyclic N) is 1. The molecule has 1 aliphatic carbocycles. The normalized spacial score (nSPS) is 21.3. The molecule has 1 saturated carbocycles. The van der Waals surface area contributed by atoms with Crippen LogP contribution < -0.4 is 10.6 Å². The van der Waals surface area contributed by atoms with Crippen LogP contribution in [0.3, 0.4) is 0 Å². The molecule has 3 N–H and O–H groups in total. The second-order valence-electron chi connectivity index (χ2n) is 7.11. The standard InChI is InChI=1S/C19H27N3O4/c1-13-6-7-15(20-18(24)14-4-2-3-5-14)10-17(13)21-19(25)22-8-9-26-12-16(23)11-22/h6-7,10,14,16,23H,2-5,8-9,11-12H2,1H3,(H,20,24)(H,21,25)/t16-/m0/s1. The molecule has 0 unspecified atom stereocenters. The van der Waals surface area contributed by atoms with Crippen LogP contribution in [0, 0.1) is 12.8 Å². The minimum atomic E-state index is -0.679. The number of aryl methyl sites for hydroxylation is 1. The zero-order valence-corrected chi connectivity index (χ0v) is 15.2. The van der Waals surface area contributed by atoms with Gasteiger partial charge in [0.05, 0.1) is 25.9 Å². The van der Waals surface area contributed by atoms with Crippen molar-refractivity contribution in [3.63, 3.8) is 0 Å². The summed E-state index contributed by atoms with van der Waals surface area (Å²) in [5.41, 5.74) is 2.24. The smallest absolute Gasteiger partial charge is 0.322 e. The van der Waals surface area contributed by atoms with Gasteiger partial charge in [-0.1, -0.05) is 18.9 Å². The van der Waals surface area contributed by atoms with Crippen molar-refractivity contribution in [2.24, 2.45) is 5.92 Å². The van der Waals surface area contributed by atoms with Crippen LogP contribution in [0.2, 0.25) is 0 Å². The molecule has 2 fully saturated rings. The zero-order valence-electron chi connectivity index (χ0n) is 15.2. The van der Waals surface area contributed by atoms with Gasteiger partial charge in [-0.2, -0.15) is 0 Å². The van der Waals surface area contributed by atoms with E-state index in [9.17, 15) is 14.7 Å². The van der Waals surface area contributed by atoms with Gasteiger partial charge in [0, 0.05) is 23.8 Å². The van der Waals surface area contributed by atoms with E-state index in [4.69, 9.17) is 4.74 Å². The Hall–Kier alpha value is -2.12. The predicted octanol–water partition coefficient (Wildman–Crippen LogP) is 2.35. The summed E-state index contributed by atoms with van der Waals surface area (Å²) in [6, 6.07) is 5.23. The molecule has 1 saturated heterocycles. The maximum atomic E-state index is 12.5. The van der Waals surface area contributed by atoms with Crippen molar-refractivity contribution < 1.29 is 19.4 Å². The van der Waals surface area contributed by atoms with Crippen LogP contribution in [0.5, 0.6) is 0 Å². The first-order chi connectivity index (χ1) is 12.5. The van der Waals surface area contributed by atoms with E-state index < -0.39 is 6.10 Å². The number of aliphatic hydroxyl groups is 1. The highest BCUT2D eigenvalue weighted by Gasteiger charge is 2.23. The number of carbonyl (C=O) groups excluding carboxylic acids is 2. The highest BCUT2D eigenvalue weighted by atomic mass is 16.5. The Kier molecular flexibility index (Phi) is 6.11. The number of rotatable bonds is 3.